The van der Waals surface area contributed by atoms with Crippen molar-refractivity contribution >= 4 is 17.5 Å². The number of nitrogens with zero attached hydrogens (tertiary/aromatic N) is 2. The first-order chi connectivity index (χ1) is 10.5. The molecule has 1 N–H and O–H groups in total. The van der Waals surface area contributed by atoms with Crippen LogP contribution in [0, 0.1) is 6.92 Å². The fraction of sp³-hybridized carbons (Fsp3) is 0.312. The van der Waals surface area contributed by atoms with Crippen molar-refractivity contribution in [3.63, 3.8) is 0 Å². The first kappa shape index (κ1) is 14.3. The average Bonchev–Trinajstić information content (AvgIpc) is 3.08. The van der Waals surface area contributed by atoms with E-state index in [0.717, 1.165) is 16.8 Å². The quantitative estimate of drug-likeness (QED) is 0.937. The maximum Gasteiger partial charge on any atom is 0.232 e. The standard InChI is InChI=1S/C16H17N3O3/c1-10-3-4-14-12(7-10)13(16(21)18-14)8-15(20)19(2)9-11-5-6-17-22-11/h3-7,13H,8-9H2,1-2H3,(H,18,21). The number of nitrogens with one attached hydrogen (secondary N) is 1. The molecule has 0 saturated carbocycles. The summed E-state index contributed by atoms with van der Waals surface area (Å²) in [5.41, 5.74) is 2.76. The maximum atomic E-state index is 12.3. The van der Waals surface area contributed by atoms with E-state index in [1.54, 1.807) is 18.0 Å². The van der Waals surface area contributed by atoms with Crippen molar-refractivity contribution in [1.82, 2.24) is 10.1 Å². The normalized spacial score (nSPS) is 16.3. The Morgan fingerprint density at radius 2 is 2.23 bits per heavy atom. The van der Waals surface area contributed by atoms with Gasteiger partial charge in [0.05, 0.1) is 18.7 Å². The lowest BCUT2D eigenvalue weighted by atomic mass is 9.95. The molecule has 1 unspecified atom stereocenters. The molecule has 0 fully saturated rings. The van der Waals surface area contributed by atoms with Gasteiger partial charge in [0.2, 0.25) is 11.8 Å². The number of aromatic nitrogens is 1. The van der Waals surface area contributed by atoms with E-state index in [1.165, 1.54) is 6.20 Å². The molecule has 6 nitrogen and oxygen atoms in total. The lowest BCUT2D eigenvalue weighted by Crippen LogP contribution is -2.29. The molecule has 6 heteroatoms. The SMILES string of the molecule is Cc1ccc2c(c1)C(CC(=O)N(C)Cc1ccno1)C(=O)N2. The van der Waals surface area contributed by atoms with Crippen molar-refractivity contribution in [2.75, 3.05) is 12.4 Å². The highest BCUT2D eigenvalue weighted by Gasteiger charge is 2.33. The van der Waals surface area contributed by atoms with Crippen molar-refractivity contribution in [2.24, 2.45) is 0 Å². The third kappa shape index (κ3) is 2.72. The van der Waals surface area contributed by atoms with Crippen molar-refractivity contribution in [3.8, 4) is 0 Å². The smallest absolute Gasteiger partial charge is 0.232 e. The zero-order valence-corrected chi connectivity index (χ0v) is 12.5. The Morgan fingerprint density at radius 3 is 2.95 bits per heavy atom. The lowest BCUT2D eigenvalue weighted by molar-refractivity contribution is -0.133. The van der Waals surface area contributed by atoms with E-state index in [-0.39, 0.29) is 18.2 Å². The number of rotatable bonds is 4. The summed E-state index contributed by atoms with van der Waals surface area (Å²) < 4.78 is 4.99. The predicted molar refractivity (Wildman–Crippen MR) is 80.1 cm³/mol. The minimum atomic E-state index is -0.431. The van der Waals surface area contributed by atoms with Gasteiger partial charge in [-0.2, -0.15) is 0 Å². The Balaban J connectivity index is 1.72. The molecule has 3 rings (SSSR count). The summed E-state index contributed by atoms with van der Waals surface area (Å²) in [5, 5.41) is 6.44. The van der Waals surface area contributed by atoms with Gasteiger partial charge >= 0.3 is 0 Å². The first-order valence-electron chi connectivity index (χ1n) is 7.09. The summed E-state index contributed by atoms with van der Waals surface area (Å²) in [6, 6.07) is 7.50. The highest BCUT2D eigenvalue weighted by atomic mass is 16.5. The summed E-state index contributed by atoms with van der Waals surface area (Å²) in [6.07, 6.45) is 1.68. The molecule has 0 spiro atoms. The number of carbonyl (C=O) groups is 2. The van der Waals surface area contributed by atoms with E-state index < -0.39 is 5.92 Å². The second-order valence-electron chi connectivity index (χ2n) is 5.57. The van der Waals surface area contributed by atoms with Crippen molar-refractivity contribution in [1.29, 1.82) is 0 Å². The largest absolute Gasteiger partial charge is 0.360 e. The molecule has 0 radical (unpaired) electrons. The zero-order chi connectivity index (χ0) is 15.7. The second-order valence-corrected chi connectivity index (χ2v) is 5.57. The minimum absolute atomic E-state index is 0.106. The summed E-state index contributed by atoms with van der Waals surface area (Å²) in [6.45, 7) is 2.31. The van der Waals surface area contributed by atoms with Crippen LogP contribution in [-0.4, -0.2) is 28.9 Å². The number of hydrogen-bond donors (Lipinski definition) is 1. The van der Waals surface area contributed by atoms with Crippen LogP contribution >= 0.6 is 0 Å². The van der Waals surface area contributed by atoms with Gasteiger partial charge in [0.15, 0.2) is 5.76 Å². The summed E-state index contributed by atoms with van der Waals surface area (Å²) in [7, 11) is 1.69. The topological polar surface area (TPSA) is 75.4 Å². The van der Waals surface area contributed by atoms with Gasteiger partial charge in [0, 0.05) is 25.2 Å². The first-order valence-corrected chi connectivity index (χ1v) is 7.09. The van der Waals surface area contributed by atoms with Gasteiger partial charge in [-0.3, -0.25) is 9.59 Å². The van der Waals surface area contributed by atoms with E-state index in [1.807, 2.05) is 25.1 Å². The van der Waals surface area contributed by atoms with E-state index in [9.17, 15) is 9.59 Å². The fourth-order valence-electron chi connectivity index (χ4n) is 2.62. The second kappa shape index (κ2) is 5.63. The van der Waals surface area contributed by atoms with Crippen LogP contribution in [0.4, 0.5) is 5.69 Å². The number of aryl methyl sites for hydroxylation is 1. The van der Waals surface area contributed by atoms with Crippen LogP contribution in [0.5, 0.6) is 0 Å². The lowest BCUT2D eigenvalue weighted by Gasteiger charge is -2.17. The summed E-state index contributed by atoms with van der Waals surface area (Å²) >= 11 is 0. The average molecular weight is 299 g/mol. The van der Waals surface area contributed by atoms with Gasteiger partial charge in [-0.15, -0.1) is 0 Å². The molecule has 22 heavy (non-hydrogen) atoms. The van der Waals surface area contributed by atoms with E-state index in [2.05, 4.69) is 10.5 Å². The Kier molecular flexibility index (Phi) is 3.66. The van der Waals surface area contributed by atoms with Crippen LogP contribution in [0.15, 0.2) is 35.0 Å². The molecule has 0 aliphatic carbocycles. The molecular formula is C16H17N3O3. The predicted octanol–water partition coefficient (Wildman–Crippen LogP) is 2.07. The third-order valence-electron chi connectivity index (χ3n) is 3.85. The van der Waals surface area contributed by atoms with Gasteiger partial charge in [0.25, 0.3) is 0 Å². The molecule has 0 saturated heterocycles. The van der Waals surface area contributed by atoms with Gasteiger partial charge in [-0.05, 0) is 18.6 Å². The van der Waals surface area contributed by atoms with Crippen LogP contribution in [-0.2, 0) is 16.1 Å². The van der Waals surface area contributed by atoms with Gasteiger partial charge in [-0.1, -0.05) is 22.9 Å². The van der Waals surface area contributed by atoms with E-state index >= 15 is 0 Å². The Labute approximate surface area is 128 Å². The Bertz CT molecular complexity index is 709. The monoisotopic (exact) mass is 299 g/mol. The fourth-order valence-corrected chi connectivity index (χ4v) is 2.62. The number of benzene rings is 1. The number of carbonyl (C=O) groups excluding carboxylic acids is 2. The van der Waals surface area contributed by atoms with Crippen LogP contribution < -0.4 is 5.32 Å². The van der Waals surface area contributed by atoms with Crippen LogP contribution in [0.25, 0.3) is 0 Å². The third-order valence-corrected chi connectivity index (χ3v) is 3.85. The molecule has 1 aromatic heterocycles. The summed E-state index contributed by atoms with van der Waals surface area (Å²) in [4.78, 5) is 26.0. The van der Waals surface area contributed by atoms with Gasteiger partial charge in [-0.25, -0.2) is 0 Å². The Morgan fingerprint density at radius 1 is 1.41 bits per heavy atom. The van der Waals surface area contributed by atoms with Gasteiger partial charge in [0.1, 0.15) is 0 Å². The molecule has 1 aliphatic rings. The Hall–Kier alpha value is -2.63. The number of anilines is 1. The van der Waals surface area contributed by atoms with Crippen molar-refractivity contribution in [2.45, 2.75) is 25.8 Å². The van der Waals surface area contributed by atoms with Gasteiger partial charge < -0.3 is 14.7 Å². The summed E-state index contributed by atoms with van der Waals surface area (Å²) in [5.74, 6) is -0.0459. The molecule has 1 aliphatic heterocycles. The molecule has 2 aromatic rings. The number of hydrogen-bond acceptors (Lipinski definition) is 4. The molecule has 0 bridgehead atoms. The van der Waals surface area contributed by atoms with E-state index in [4.69, 9.17) is 4.52 Å². The van der Waals surface area contributed by atoms with Crippen LogP contribution in [0.2, 0.25) is 0 Å². The van der Waals surface area contributed by atoms with Crippen molar-refractivity contribution < 1.29 is 14.1 Å². The molecule has 2 amide bonds. The molecule has 2 heterocycles. The maximum absolute atomic E-state index is 12.3. The number of fused-ring (bicyclic) bond motifs is 1. The molecular weight excluding hydrogens is 282 g/mol. The molecule has 1 atom stereocenters. The van der Waals surface area contributed by atoms with Crippen molar-refractivity contribution in [3.05, 3.63) is 47.3 Å². The highest BCUT2D eigenvalue weighted by Crippen LogP contribution is 2.35. The van der Waals surface area contributed by atoms with Crippen LogP contribution in [0.3, 0.4) is 0 Å². The number of amides is 2. The molecule has 1 aromatic carbocycles. The molecule has 114 valence electrons. The van der Waals surface area contributed by atoms with E-state index in [0.29, 0.717) is 12.3 Å². The minimum Gasteiger partial charge on any atom is -0.360 e. The zero-order valence-electron chi connectivity index (χ0n) is 12.5. The van der Waals surface area contributed by atoms with Crippen LogP contribution in [0.1, 0.15) is 29.2 Å². The highest BCUT2D eigenvalue weighted by molar-refractivity contribution is 6.04.